The van der Waals surface area contributed by atoms with Gasteiger partial charge in [-0.15, -0.1) is 0 Å². The van der Waals surface area contributed by atoms with Crippen molar-refractivity contribution < 1.29 is 13.9 Å². The second-order valence-electron chi connectivity index (χ2n) is 5.63. The first-order valence-electron chi connectivity index (χ1n) is 7.42. The van der Waals surface area contributed by atoms with E-state index in [-0.39, 0.29) is 29.1 Å². The monoisotopic (exact) mass is 367 g/mol. The Hall–Kier alpha value is -1.78. The van der Waals surface area contributed by atoms with Crippen molar-refractivity contribution in [3.63, 3.8) is 0 Å². The molecular formula is C18H16Cl2FNO2. The van der Waals surface area contributed by atoms with Crippen LogP contribution in [0.15, 0.2) is 29.3 Å². The Morgan fingerprint density at radius 3 is 2.67 bits per heavy atom. The molecule has 0 saturated heterocycles. The number of aliphatic imine (C=N–C) groups is 1. The topological polar surface area (TPSA) is 30.8 Å². The zero-order valence-corrected chi connectivity index (χ0v) is 15.0. The fourth-order valence-corrected chi connectivity index (χ4v) is 3.39. The zero-order chi connectivity index (χ0) is 17.4. The summed E-state index contributed by atoms with van der Waals surface area (Å²) in [5, 5.41) is 0.811. The van der Waals surface area contributed by atoms with Crippen LogP contribution in [-0.2, 0) is 4.74 Å². The molecule has 0 amide bonds. The molecule has 3 rings (SSSR count). The van der Waals surface area contributed by atoms with Gasteiger partial charge in [0, 0.05) is 5.56 Å². The predicted octanol–water partition coefficient (Wildman–Crippen LogP) is 5.28. The normalized spacial score (nSPS) is 16.8. The Morgan fingerprint density at radius 1 is 1.25 bits per heavy atom. The molecule has 0 bridgehead atoms. The number of hydrogen-bond acceptors (Lipinski definition) is 3. The molecule has 0 saturated carbocycles. The molecular weight excluding hydrogens is 352 g/mol. The van der Waals surface area contributed by atoms with E-state index < -0.39 is 5.82 Å². The summed E-state index contributed by atoms with van der Waals surface area (Å²) in [4.78, 5) is 4.52. The minimum Gasteiger partial charge on any atom is -0.495 e. The Morgan fingerprint density at radius 2 is 2.00 bits per heavy atom. The predicted molar refractivity (Wildman–Crippen MR) is 94.1 cm³/mol. The number of methoxy groups -OCH3 is 1. The molecule has 1 heterocycles. The molecule has 24 heavy (non-hydrogen) atoms. The third kappa shape index (κ3) is 2.85. The number of hydrogen-bond donors (Lipinski definition) is 0. The van der Waals surface area contributed by atoms with Crippen LogP contribution in [0.4, 0.5) is 4.39 Å². The quantitative estimate of drug-likeness (QED) is 0.738. The third-order valence-electron chi connectivity index (χ3n) is 4.01. The number of benzene rings is 2. The van der Waals surface area contributed by atoms with Gasteiger partial charge < -0.3 is 9.47 Å². The highest BCUT2D eigenvalue weighted by atomic mass is 35.5. The van der Waals surface area contributed by atoms with E-state index in [1.807, 2.05) is 19.9 Å². The average Bonchev–Trinajstić information content (AvgIpc) is 2.99. The van der Waals surface area contributed by atoms with Gasteiger partial charge in [-0.25, -0.2) is 9.38 Å². The highest BCUT2D eigenvalue weighted by molar-refractivity contribution is 6.34. The van der Waals surface area contributed by atoms with E-state index in [9.17, 15) is 4.39 Å². The van der Waals surface area contributed by atoms with E-state index in [1.54, 1.807) is 19.2 Å². The van der Waals surface area contributed by atoms with Crippen molar-refractivity contribution in [1.29, 1.82) is 0 Å². The number of aryl methyl sites for hydroxylation is 2. The largest absolute Gasteiger partial charge is 0.495 e. The van der Waals surface area contributed by atoms with Crippen LogP contribution < -0.4 is 4.74 Å². The number of halogens is 3. The zero-order valence-electron chi connectivity index (χ0n) is 13.5. The maximum Gasteiger partial charge on any atom is 0.221 e. The lowest BCUT2D eigenvalue weighted by atomic mass is 9.98. The van der Waals surface area contributed by atoms with E-state index in [0.717, 1.165) is 16.7 Å². The van der Waals surface area contributed by atoms with Crippen molar-refractivity contribution in [3.8, 4) is 5.75 Å². The molecule has 0 aromatic heterocycles. The van der Waals surface area contributed by atoms with Gasteiger partial charge in [-0.05, 0) is 37.1 Å². The molecule has 0 fully saturated rings. The molecule has 0 spiro atoms. The van der Waals surface area contributed by atoms with Gasteiger partial charge in [0.05, 0.1) is 22.7 Å². The highest BCUT2D eigenvalue weighted by Gasteiger charge is 2.29. The standard InChI is InChI=1S/C18H16Cl2FNO2/c1-9-7-10(2)16(20)17(23-3)14(9)13-8-24-18(22-13)15-11(19)5-4-6-12(15)21/h4-7,13H,8H2,1-3H3. The van der Waals surface area contributed by atoms with Crippen LogP contribution in [0.1, 0.15) is 28.3 Å². The summed E-state index contributed by atoms with van der Waals surface area (Å²) in [7, 11) is 1.57. The van der Waals surface area contributed by atoms with E-state index in [1.165, 1.54) is 6.07 Å². The van der Waals surface area contributed by atoms with Gasteiger partial charge in [0.25, 0.3) is 0 Å². The second-order valence-corrected chi connectivity index (χ2v) is 6.41. The number of ether oxygens (including phenoxy) is 2. The molecule has 126 valence electrons. The van der Waals surface area contributed by atoms with E-state index in [0.29, 0.717) is 10.8 Å². The van der Waals surface area contributed by atoms with Gasteiger partial charge >= 0.3 is 0 Å². The van der Waals surface area contributed by atoms with E-state index >= 15 is 0 Å². The van der Waals surface area contributed by atoms with Gasteiger partial charge in [-0.1, -0.05) is 35.3 Å². The Labute approximate surface area is 150 Å². The molecule has 3 nitrogen and oxygen atoms in total. The lowest BCUT2D eigenvalue weighted by molar-refractivity contribution is 0.314. The Balaban J connectivity index is 2.08. The summed E-state index contributed by atoms with van der Waals surface area (Å²) in [5.41, 5.74) is 2.94. The van der Waals surface area contributed by atoms with Gasteiger partial charge in [0.1, 0.15) is 24.2 Å². The van der Waals surface area contributed by atoms with Crippen molar-refractivity contribution in [2.45, 2.75) is 19.9 Å². The van der Waals surface area contributed by atoms with Gasteiger partial charge in [-0.2, -0.15) is 0 Å². The molecule has 1 aliphatic heterocycles. The average molecular weight is 368 g/mol. The first kappa shape index (κ1) is 17.1. The number of rotatable bonds is 3. The molecule has 2 aromatic rings. The molecule has 2 aromatic carbocycles. The molecule has 6 heteroatoms. The molecule has 0 aliphatic carbocycles. The lowest BCUT2D eigenvalue weighted by Crippen LogP contribution is -2.06. The maximum atomic E-state index is 14.1. The SMILES string of the molecule is COc1c(Cl)c(C)cc(C)c1C1COC(c2c(F)cccc2Cl)=N1. The fourth-order valence-electron chi connectivity index (χ4n) is 2.92. The van der Waals surface area contributed by atoms with Crippen molar-refractivity contribution in [3.05, 3.63) is 62.4 Å². The Kier molecular flexibility index (Phi) is 4.70. The van der Waals surface area contributed by atoms with Crippen molar-refractivity contribution >= 4 is 29.1 Å². The van der Waals surface area contributed by atoms with Crippen molar-refractivity contribution in [1.82, 2.24) is 0 Å². The summed E-state index contributed by atoms with van der Waals surface area (Å²) in [6.07, 6.45) is 0. The van der Waals surface area contributed by atoms with Crippen LogP contribution in [0.2, 0.25) is 10.0 Å². The van der Waals surface area contributed by atoms with Crippen LogP contribution in [0.5, 0.6) is 5.75 Å². The first-order chi connectivity index (χ1) is 11.4. The van der Waals surface area contributed by atoms with Crippen LogP contribution in [0, 0.1) is 19.7 Å². The molecule has 1 aliphatic rings. The summed E-state index contributed by atoms with van der Waals surface area (Å²) in [6.45, 7) is 4.15. The van der Waals surface area contributed by atoms with Crippen LogP contribution in [0.25, 0.3) is 0 Å². The summed E-state index contributed by atoms with van der Waals surface area (Å²) >= 11 is 12.4. The van der Waals surface area contributed by atoms with Gasteiger partial charge in [-0.3, -0.25) is 0 Å². The van der Waals surface area contributed by atoms with E-state index in [2.05, 4.69) is 4.99 Å². The van der Waals surface area contributed by atoms with Crippen LogP contribution >= 0.6 is 23.2 Å². The maximum absolute atomic E-state index is 14.1. The van der Waals surface area contributed by atoms with Gasteiger partial charge in [0.15, 0.2) is 0 Å². The highest BCUT2D eigenvalue weighted by Crippen LogP contribution is 2.41. The molecule has 0 radical (unpaired) electrons. The number of nitrogens with zero attached hydrogens (tertiary/aromatic N) is 1. The molecule has 1 unspecified atom stereocenters. The fraction of sp³-hybridized carbons (Fsp3) is 0.278. The molecule has 0 N–H and O–H groups in total. The first-order valence-corrected chi connectivity index (χ1v) is 8.18. The second kappa shape index (κ2) is 6.61. The third-order valence-corrected chi connectivity index (χ3v) is 4.80. The van der Waals surface area contributed by atoms with Crippen LogP contribution in [0.3, 0.4) is 0 Å². The minimum absolute atomic E-state index is 0.177. The Bertz CT molecular complexity index is 816. The van der Waals surface area contributed by atoms with Crippen molar-refractivity contribution in [2.24, 2.45) is 4.99 Å². The molecule has 1 atom stereocenters. The summed E-state index contributed by atoms with van der Waals surface area (Å²) in [6, 6.07) is 6.12. The summed E-state index contributed by atoms with van der Waals surface area (Å²) in [5.74, 6) is 0.307. The van der Waals surface area contributed by atoms with E-state index in [4.69, 9.17) is 32.7 Å². The smallest absolute Gasteiger partial charge is 0.221 e. The lowest BCUT2D eigenvalue weighted by Gasteiger charge is -2.17. The summed E-state index contributed by atoms with van der Waals surface area (Å²) < 4.78 is 25.2. The minimum atomic E-state index is -0.465. The van der Waals surface area contributed by atoms with Crippen LogP contribution in [-0.4, -0.2) is 19.6 Å². The van der Waals surface area contributed by atoms with Gasteiger partial charge in [0.2, 0.25) is 5.90 Å². The van der Waals surface area contributed by atoms with Crippen molar-refractivity contribution in [2.75, 3.05) is 13.7 Å².